The standard InChI is InChI=1S/C23H25N7O2/c1-29(2)22(31)14-30(16-5-4-6-17(12-16)32-3)13-21-26-19-8-7-15(11-20(19)27-21)18-9-10-25-23(24)28-18/h4-12H,13-14H2,1-3H3,(H,26,27)(H2,24,25,28). The Labute approximate surface area is 185 Å². The van der Waals surface area contributed by atoms with Gasteiger partial charge in [-0.05, 0) is 30.3 Å². The van der Waals surface area contributed by atoms with Gasteiger partial charge < -0.3 is 25.3 Å². The number of carbonyl (C=O) groups is 1. The molecule has 2 heterocycles. The van der Waals surface area contributed by atoms with Crippen molar-refractivity contribution in [3.8, 4) is 17.0 Å². The van der Waals surface area contributed by atoms with Crippen molar-refractivity contribution in [3.63, 3.8) is 0 Å². The summed E-state index contributed by atoms with van der Waals surface area (Å²) in [5.41, 5.74) is 9.93. The van der Waals surface area contributed by atoms with E-state index in [1.165, 1.54) is 0 Å². The van der Waals surface area contributed by atoms with Gasteiger partial charge in [-0.1, -0.05) is 12.1 Å². The Morgan fingerprint density at radius 1 is 1.12 bits per heavy atom. The third kappa shape index (κ3) is 4.61. The predicted octanol–water partition coefficient (Wildman–Crippen LogP) is 2.71. The van der Waals surface area contributed by atoms with Gasteiger partial charge in [0.1, 0.15) is 11.6 Å². The molecule has 3 N–H and O–H groups in total. The van der Waals surface area contributed by atoms with Gasteiger partial charge in [0.25, 0.3) is 0 Å². The summed E-state index contributed by atoms with van der Waals surface area (Å²) in [6.45, 7) is 0.639. The van der Waals surface area contributed by atoms with Crippen molar-refractivity contribution in [1.82, 2.24) is 24.8 Å². The van der Waals surface area contributed by atoms with Crippen LogP contribution in [0.1, 0.15) is 5.82 Å². The highest BCUT2D eigenvalue weighted by Gasteiger charge is 2.17. The second-order valence-corrected chi connectivity index (χ2v) is 7.56. The van der Waals surface area contributed by atoms with Crippen LogP contribution >= 0.6 is 0 Å². The van der Waals surface area contributed by atoms with Crippen molar-refractivity contribution in [2.75, 3.05) is 38.4 Å². The molecule has 0 saturated carbocycles. The molecular weight excluding hydrogens is 406 g/mol. The van der Waals surface area contributed by atoms with Crippen LogP contribution in [-0.4, -0.2) is 58.5 Å². The highest BCUT2D eigenvalue weighted by atomic mass is 16.5. The number of likely N-dealkylation sites (N-methyl/N-ethyl adjacent to an activating group) is 1. The third-order valence-corrected chi connectivity index (χ3v) is 5.09. The summed E-state index contributed by atoms with van der Waals surface area (Å²) in [5, 5.41) is 0. The van der Waals surface area contributed by atoms with Crippen LogP contribution in [0.2, 0.25) is 0 Å². The minimum Gasteiger partial charge on any atom is -0.497 e. The molecular formula is C23H25N7O2. The Balaban J connectivity index is 1.65. The smallest absolute Gasteiger partial charge is 0.241 e. The van der Waals surface area contributed by atoms with Crippen molar-refractivity contribution in [3.05, 3.63) is 60.6 Å². The topological polar surface area (TPSA) is 113 Å². The number of imidazole rings is 1. The molecule has 4 aromatic rings. The number of H-pyrrole nitrogens is 1. The number of hydrogen-bond acceptors (Lipinski definition) is 7. The molecule has 0 saturated heterocycles. The first-order valence-electron chi connectivity index (χ1n) is 10.1. The molecule has 1 amide bonds. The number of nitrogens with zero attached hydrogens (tertiary/aromatic N) is 5. The molecule has 0 aliphatic heterocycles. The monoisotopic (exact) mass is 431 g/mol. The van der Waals surface area contributed by atoms with Crippen LogP contribution in [-0.2, 0) is 11.3 Å². The summed E-state index contributed by atoms with van der Waals surface area (Å²) in [7, 11) is 5.11. The largest absolute Gasteiger partial charge is 0.497 e. The second-order valence-electron chi connectivity index (χ2n) is 7.56. The zero-order chi connectivity index (χ0) is 22.7. The van der Waals surface area contributed by atoms with E-state index in [2.05, 4.69) is 15.0 Å². The first-order chi connectivity index (χ1) is 15.4. The third-order valence-electron chi connectivity index (χ3n) is 5.09. The Kier molecular flexibility index (Phi) is 5.89. The molecule has 9 heteroatoms. The van der Waals surface area contributed by atoms with E-state index in [4.69, 9.17) is 15.5 Å². The van der Waals surface area contributed by atoms with Crippen LogP contribution in [0, 0.1) is 0 Å². The number of fused-ring (bicyclic) bond motifs is 1. The lowest BCUT2D eigenvalue weighted by Crippen LogP contribution is -2.36. The molecule has 0 atom stereocenters. The van der Waals surface area contributed by atoms with Crippen LogP contribution in [0.5, 0.6) is 5.75 Å². The second kappa shape index (κ2) is 8.93. The fourth-order valence-electron chi connectivity index (χ4n) is 3.36. The maximum absolute atomic E-state index is 12.5. The van der Waals surface area contributed by atoms with Crippen LogP contribution in [0.15, 0.2) is 54.7 Å². The number of carbonyl (C=O) groups excluding carboxylic acids is 1. The quantitative estimate of drug-likeness (QED) is 0.462. The zero-order valence-electron chi connectivity index (χ0n) is 18.2. The molecule has 32 heavy (non-hydrogen) atoms. The molecule has 0 unspecified atom stereocenters. The molecule has 2 aromatic heterocycles. The van der Waals surface area contributed by atoms with Gasteiger partial charge in [-0.2, -0.15) is 0 Å². The minimum absolute atomic E-state index is 0.00688. The van der Waals surface area contributed by atoms with E-state index in [-0.39, 0.29) is 18.4 Å². The van der Waals surface area contributed by atoms with Gasteiger partial charge >= 0.3 is 0 Å². The van der Waals surface area contributed by atoms with Crippen molar-refractivity contribution in [1.29, 1.82) is 0 Å². The van der Waals surface area contributed by atoms with E-state index in [1.54, 1.807) is 32.3 Å². The number of nitrogen functional groups attached to an aromatic ring is 1. The molecule has 0 bridgehead atoms. The van der Waals surface area contributed by atoms with E-state index in [0.29, 0.717) is 6.54 Å². The lowest BCUT2D eigenvalue weighted by atomic mass is 10.1. The van der Waals surface area contributed by atoms with E-state index in [9.17, 15) is 4.79 Å². The Bertz CT molecular complexity index is 1250. The highest BCUT2D eigenvalue weighted by Crippen LogP contribution is 2.25. The Morgan fingerprint density at radius 3 is 2.72 bits per heavy atom. The number of ether oxygens (including phenoxy) is 1. The van der Waals surface area contributed by atoms with Crippen molar-refractivity contribution in [2.45, 2.75) is 6.54 Å². The number of aromatic amines is 1. The Hall–Kier alpha value is -4.14. The van der Waals surface area contributed by atoms with E-state index in [0.717, 1.165) is 39.6 Å². The molecule has 0 aliphatic carbocycles. The molecule has 4 rings (SSSR count). The maximum Gasteiger partial charge on any atom is 0.241 e. The molecule has 0 aliphatic rings. The number of aromatic nitrogens is 4. The number of nitrogens with two attached hydrogens (primary N) is 1. The number of nitrogens with one attached hydrogen (secondary N) is 1. The zero-order valence-corrected chi connectivity index (χ0v) is 18.2. The molecule has 164 valence electrons. The summed E-state index contributed by atoms with van der Waals surface area (Å²) < 4.78 is 5.35. The average Bonchev–Trinajstić information content (AvgIpc) is 3.20. The van der Waals surface area contributed by atoms with E-state index < -0.39 is 0 Å². The summed E-state index contributed by atoms with van der Waals surface area (Å²) in [5.74, 6) is 1.69. The predicted molar refractivity (Wildman–Crippen MR) is 124 cm³/mol. The van der Waals surface area contributed by atoms with Crippen LogP contribution < -0.4 is 15.4 Å². The van der Waals surface area contributed by atoms with Gasteiger partial charge in [0.2, 0.25) is 11.9 Å². The van der Waals surface area contributed by atoms with Gasteiger partial charge in [-0.25, -0.2) is 15.0 Å². The molecule has 2 aromatic carbocycles. The Morgan fingerprint density at radius 2 is 1.97 bits per heavy atom. The van der Waals surface area contributed by atoms with Gasteiger partial charge in [0.15, 0.2) is 0 Å². The average molecular weight is 432 g/mol. The van der Waals surface area contributed by atoms with Crippen molar-refractivity contribution >= 4 is 28.6 Å². The van der Waals surface area contributed by atoms with E-state index >= 15 is 0 Å². The van der Waals surface area contributed by atoms with Gasteiger partial charge in [-0.3, -0.25) is 4.79 Å². The molecule has 0 spiro atoms. The molecule has 9 nitrogen and oxygen atoms in total. The SMILES string of the molecule is COc1cccc(N(CC(=O)N(C)C)Cc2nc3cc(-c4ccnc(N)n4)ccc3[nH]2)c1. The minimum atomic E-state index is -0.00688. The molecule has 0 radical (unpaired) electrons. The molecule has 0 fully saturated rings. The lowest BCUT2D eigenvalue weighted by Gasteiger charge is -2.25. The summed E-state index contributed by atoms with van der Waals surface area (Å²) in [4.78, 5) is 32.3. The van der Waals surface area contributed by atoms with Gasteiger partial charge in [-0.15, -0.1) is 0 Å². The maximum atomic E-state index is 12.5. The van der Waals surface area contributed by atoms with Gasteiger partial charge in [0.05, 0.1) is 36.9 Å². The summed E-state index contributed by atoms with van der Waals surface area (Å²) >= 11 is 0. The summed E-state index contributed by atoms with van der Waals surface area (Å²) in [6.07, 6.45) is 1.63. The van der Waals surface area contributed by atoms with Crippen molar-refractivity contribution < 1.29 is 9.53 Å². The number of rotatable bonds is 7. The number of methoxy groups -OCH3 is 1. The van der Waals surface area contributed by atoms with E-state index in [1.807, 2.05) is 53.4 Å². The fourth-order valence-corrected chi connectivity index (χ4v) is 3.36. The van der Waals surface area contributed by atoms with Crippen LogP contribution in [0.3, 0.4) is 0 Å². The first kappa shape index (κ1) is 21.1. The number of hydrogen-bond donors (Lipinski definition) is 2. The number of amides is 1. The fraction of sp³-hybridized carbons (Fsp3) is 0.217. The first-order valence-corrected chi connectivity index (χ1v) is 10.1. The van der Waals surface area contributed by atoms with Crippen LogP contribution in [0.4, 0.5) is 11.6 Å². The van der Waals surface area contributed by atoms with Crippen molar-refractivity contribution in [2.24, 2.45) is 0 Å². The lowest BCUT2D eigenvalue weighted by molar-refractivity contribution is -0.127. The number of anilines is 2. The normalized spacial score (nSPS) is 10.8. The van der Waals surface area contributed by atoms with Gasteiger partial charge in [0, 0.05) is 37.6 Å². The van der Waals surface area contributed by atoms with Crippen LogP contribution in [0.25, 0.3) is 22.3 Å². The number of benzene rings is 2. The highest BCUT2D eigenvalue weighted by molar-refractivity contribution is 5.82. The summed E-state index contributed by atoms with van der Waals surface area (Å²) in [6, 6.07) is 15.3.